The Bertz CT molecular complexity index is 372. The van der Waals surface area contributed by atoms with Crippen LogP contribution in [0.2, 0.25) is 0 Å². The molecule has 0 N–H and O–H groups in total. The van der Waals surface area contributed by atoms with Gasteiger partial charge in [-0.3, -0.25) is 0 Å². The first-order valence-electron chi connectivity index (χ1n) is 5.16. The van der Waals surface area contributed by atoms with E-state index >= 15 is 0 Å². The minimum absolute atomic E-state index is 0.0261. The van der Waals surface area contributed by atoms with Crippen molar-refractivity contribution in [3.63, 3.8) is 0 Å². The molecular formula is C12H14F2O. The van der Waals surface area contributed by atoms with Gasteiger partial charge in [0, 0.05) is 0 Å². The molecule has 0 saturated heterocycles. The predicted molar refractivity (Wildman–Crippen MR) is 54.5 cm³/mol. The summed E-state index contributed by atoms with van der Waals surface area (Å²) in [5, 5.41) is 0. The molecular weight excluding hydrogens is 198 g/mol. The summed E-state index contributed by atoms with van der Waals surface area (Å²) in [7, 11) is 0. The molecule has 1 aromatic carbocycles. The van der Waals surface area contributed by atoms with Crippen molar-refractivity contribution < 1.29 is 13.5 Å². The highest BCUT2D eigenvalue weighted by molar-refractivity contribution is 5.42. The van der Waals surface area contributed by atoms with E-state index in [0.29, 0.717) is 11.7 Å². The second-order valence-electron chi connectivity index (χ2n) is 4.21. The van der Waals surface area contributed by atoms with E-state index in [4.69, 9.17) is 4.74 Å². The Balaban J connectivity index is 2.45. The lowest BCUT2D eigenvalue weighted by molar-refractivity contribution is -0.0405. The fourth-order valence-corrected chi connectivity index (χ4v) is 1.74. The van der Waals surface area contributed by atoms with E-state index in [9.17, 15) is 8.78 Å². The molecule has 0 radical (unpaired) electrons. The summed E-state index contributed by atoms with van der Waals surface area (Å²) >= 11 is 0. The molecule has 1 aromatic rings. The lowest BCUT2D eigenvalue weighted by Crippen LogP contribution is -2.24. The fourth-order valence-electron chi connectivity index (χ4n) is 1.74. The van der Waals surface area contributed by atoms with Crippen LogP contribution >= 0.6 is 0 Å². The average Bonchev–Trinajstić information content (AvgIpc) is 2.16. The summed E-state index contributed by atoms with van der Waals surface area (Å²) in [5.74, 6) is -2.06. The molecule has 1 nitrogen and oxygen atoms in total. The van der Waals surface area contributed by atoms with Gasteiger partial charge in [0.15, 0.2) is 0 Å². The summed E-state index contributed by atoms with van der Waals surface area (Å²) in [6.07, 6.45) is -0.221. The van der Waals surface area contributed by atoms with Crippen molar-refractivity contribution in [1.82, 2.24) is 0 Å². The van der Waals surface area contributed by atoms with Crippen LogP contribution in [0.4, 0.5) is 8.78 Å². The molecule has 0 aromatic heterocycles. The second kappa shape index (κ2) is 3.47. The third-order valence-corrected chi connectivity index (χ3v) is 2.74. The van der Waals surface area contributed by atoms with Gasteiger partial charge in [-0.25, -0.2) is 8.78 Å². The minimum Gasteiger partial charge on any atom is -0.493 e. The molecule has 0 unspecified atom stereocenters. The second-order valence-corrected chi connectivity index (χ2v) is 4.21. The van der Waals surface area contributed by atoms with Crippen LogP contribution in [0, 0.1) is 0 Å². The SMILES string of the molecule is CC(C)c1ccc2c(c1)OCCC2(F)F. The Morgan fingerprint density at radius 2 is 2.07 bits per heavy atom. The number of ether oxygens (including phenoxy) is 1. The van der Waals surface area contributed by atoms with Gasteiger partial charge in [-0.05, 0) is 23.6 Å². The normalized spacial score (nSPS) is 18.5. The summed E-state index contributed by atoms with van der Waals surface area (Å²) < 4.78 is 32.2. The largest absolute Gasteiger partial charge is 0.493 e. The summed E-state index contributed by atoms with van der Waals surface area (Å²) in [6.45, 7) is 4.16. The number of hydrogen-bond acceptors (Lipinski definition) is 1. The van der Waals surface area contributed by atoms with Crippen LogP contribution in [0.15, 0.2) is 18.2 Å². The van der Waals surface area contributed by atoms with Crippen molar-refractivity contribution in [2.45, 2.75) is 32.1 Å². The minimum atomic E-state index is -2.73. The quantitative estimate of drug-likeness (QED) is 0.690. The zero-order valence-corrected chi connectivity index (χ0v) is 8.89. The van der Waals surface area contributed by atoms with E-state index in [-0.39, 0.29) is 18.6 Å². The van der Waals surface area contributed by atoms with Crippen LogP contribution in [-0.4, -0.2) is 6.61 Å². The average molecular weight is 212 g/mol. The van der Waals surface area contributed by atoms with Crippen LogP contribution < -0.4 is 4.74 Å². The van der Waals surface area contributed by atoms with Gasteiger partial charge >= 0.3 is 0 Å². The summed E-state index contributed by atoms with van der Waals surface area (Å²) in [4.78, 5) is 0. The number of hydrogen-bond donors (Lipinski definition) is 0. The maximum absolute atomic E-state index is 13.4. The smallest absolute Gasteiger partial charge is 0.280 e. The standard InChI is InChI=1S/C12H14F2O/c1-8(2)9-3-4-10-11(7-9)15-6-5-12(10,13)14/h3-4,7-8H,5-6H2,1-2H3. The first kappa shape index (κ1) is 10.4. The highest BCUT2D eigenvalue weighted by atomic mass is 19.3. The van der Waals surface area contributed by atoms with Crippen molar-refractivity contribution >= 4 is 0 Å². The Labute approximate surface area is 88.1 Å². The fraction of sp³-hybridized carbons (Fsp3) is 0.500. The van der Waals surface area contributed by atoms with Crippen molar-refractivity contribution in [1.29, 1.82) is 0 Å². The van der Waals surface area contributed by atoms with E-state index in [2.05, 4.69) is 0 Å². The molecule has 0 spiro atoms. The van der Waals surface area contributed by atoms with E-state index < -0.39 is 5.92 Å². The van der Waals surface area contributed by atoms with E-state index in [1.165, 1.54) is 6.07 Å². The molecule has 0 fully saturated rings. The highest BCUT2D eigenvalue weighted by Crippen LogP contribution is 2.42. The number of benzene rings is 1. The monoisotopic (exact) mass is 212 g/mol. The summed E-state index contributed by atoms with van der Waals surface area (Å²) in [6, 6.07) is 4.98. The van der Waals surface area contributed by atoms with Gasteiger partial charge in [0.1, 0.15) is 5.75 Å². The first-order valence-corrected chi connectivity index (χ1v) is 5.16. The zero-order chi connectivity index (χ0) is 11.1. The molecule has 0 amide bonds. The number of fused-ring (bicyclic) bond motifs is 1. The Morgan fingerprint density at radius 3 is 2.73 bits per heavy atom. The Hall–Kier alpha value is -1.12. The van der Waals surface area contributed by atoms with Crippen LogP contribution in [0.1, 0.15) is 37.3 Å². The van der Waals surface area contributed by atoms with Crippen LogP contribution in [0.5, 0.6) is 5.75 Å². The van der Waals surface area contributed by atoms with Crippen molar-refractivity contribution in [2.75, 3.05) is 6.61 Å². The molecule has 82 valence electrons. The van der Waals surface area contributed by atoms with Crippen molar-refractivity contribution in [3.8, 4) is 5.75 Å². The number of rotatable bonds is 1. The third kappa shape index (κ3) is 1.83. The molecule has 1 heterocycles. The van der Waals surface area contributed by atoms with Crippen LogP contribution in [-0.2, 0) is 5.92 Å². The highest BCUT2D eigenvalue weighted by Gasteiger charge is 2.37. The van der Waals surface area contributed by atoms with E-state index in [0.717, 1.165) is 5.56 Å². The topological polar surface area (TPSA) is 9.23 Å². The number of halogens is 2. The molecule has 2 rings (SSSR count). The van der Waals surface area contributed by atoms with E-state index in [1.54, 1.807) is 12.1 Å². The first-order chi connectivity index (χ1) is 7.00. The third-order valence-electron chi connectivity index (χ3n) is 2.74. The van der Waals surface area contributed by atoms with Gasteiger partial charge in [0.25, 0.3) is 5.92 Å². The molecule has 0 saturated carbocycles. The molecule has 15 heavy (non-hydrogen) atoms. The predicted octanol–water partition coefficient (Wildman–Crippen LogP) is 3.68. The van der Waals surface area contributed by atoms with Gasteiger partial charge in [-0.2, -0.15) is 0 Å². The van der Waals surface area contributed by atoms with Crippen LogP contribution in [0.25, 0.3) is 0 Å². The number of alkyl halides is 2. The Kier molecular flexibility index (Phi) is 2.41. The Morgan fingerprint density at radius 1 is 1.33 bits per heavy atom. The molecule has 0 bridgehead atoms. The molecule has 1 aliphatic rings. The van der Waals surface area contributed by atoms with Gasteiger partial charge < -0.3 is 4.74 Å². The molecule has 0 aliphatic carbocycles. The molecule has 3 heteroatoms. The zero-order valence-electron chi connectivity index (χ0n) is 8.89. The molecule has 1 aliphatic heterocycles. The van der Waals surface area contributed by atoms with Crippen molar-refractivity contribution in [2.24, 2.45) is 0 Å². The van der Waals surface area contributed by atoms with Gasteiger partial charge in [-0.1, -0.05) is 19.9 Å². The lowest BCUT2D eigenvalue weighted by Gasteiger charge is -2.26. The van der Waals surface area contributed by atoms with E-state index in [1.807, 2.05) is 13.8 Å². The van der Waals surface area contributed by atoms with Crippen molar-refractivity contribution in [3.05, 3.63) is 29.3 Å². The van der Waals surface area contributed by atoms with Crippen LogP contribution in [0.3, 0.4) is 0 Å². The summed E-state index contributed by atoms with van der Waals surface area (Å²) in [5.41, 5.74) is 1.06. The lowest BCUT2D eigenvalue weighted by atomic mass is 9.96. The maximum atomic E-state index is 13.4. The maximum Gasteiger partial charge on any atom is 0.280 e. The van der Waals surface area contributed by atoms with Gasteiger partial charge in [0.2, 0.25) is 0 Å². The molecule has 0 atom stereocenters. The van der Waals surface area contributed by atoms with Gasteiger partial charge in [0.05, 0.1) is 18.6 Å². The van der Waals surface area contributed by atoms with Gasteiger partial charge in [-0.15, -0.1) is 0 Å².